The van der Waals surface area contributed by atoms with Crippen LogP contribution in [0.25, 0.3) is 0 Å². The molecule has 0 aromatic heterocycles. The Labute approximate surface area is 96.6 Å². The monoisotopic (exact) mass is 227 g/mol. The average Bonchev–Trinajstić information content (AvgIpc) is 2.15. The summed E-state index contributed by atoms with van der Waals surface area (Å²) in [5, 5.41) is 9.15. The van der Waals surface area contributed by atoms with Crippen molar-refractivity contribution in [3.63, 3.8) is 0 Å². The maximum absolute atomic E-state index is 12.1. The Morgan fingerprint density at radius 3 is 2.31 bits per heavy atom. The van der Waals surface area contributed by atoms with Gasteiger partial charge in [-0.25, -0.2) is 4.79 Å². The lowest BCUT2D eigenvalue weighted by Gasteiger charge is -2.39. The maximum atomic E-state index is 12.1. The van der Waals surface area contributed by atoms with Crippen LogP contribution in [0.5, 0.6) is 0 Å². The predicted molar refractivity (Wildman–Crippen MR) is 61.0 cm³/mol. The Balaban J connectivity index is 2.85. The number of hydrogen-bond acceptors (Lipinski definition) is 2. The molecule has 1 saturated heterocycles. The van der Waals surface area contributed by atoms with Crippen LogP contribution in [0.2, 0.25) is 0 Å². The van der Waals surface area contributed by atoms with Crippen molar-refractivity contribution in [1.29, 1.82) is 0 Å². The van der Waals surface area contributed by atoms with E-state index in [4.69, 9.17) is 5.11 Å². The summed E-state index contributed by atoms with van der Waals surface area (Å²) in [6.07, 6.45) is 1.46. The van der Waals surface area contributed by atoms with Gasteiger partial charge in [0.15, 0.2) is 0 Å². The van der Waals surface area contributed by atoms with E-state index in [9.17, 15) is 9.59 Å². The van der Waals surface area contributed by atoms with Crippen molar-refractivity contribution < 1.29 is 14.7 Å². The Kier molecular flexibility index (Phi) is 3.61. The lowest BCUT2D eigenvalue weighted by Crippen LogP contribution is -2.53. The number of hydrogen-bond donors (Lipinski definition) is 1. The van der Waals surface area contributed by atoms with Gasteiger partial charge < -0.3 is 10.0 Å². The third kappa shape index (κ3) is 2.74. The summed E-state index contributed by atoms with van der Waals surface area (Å²) in [6, 6.07) is -0.643. The van der Waals surface area contributed by atoms with Crippen LogP contribution in [0.1, 0.15) is 40.5 Å². The number of piperidine rings is 1. The highest BCUT2D eigenvalue weighted by Crippen LogP contribution is 2.27. The summed E-state index contributed by atoms with van der Waals surface area (Å²) in [5.41, 5.74) is -0.506. The maximum Gasteiger partial charge on any atom is 0.326 e. The number of carbonyl (C=O) groups excluding carboxylic acids is 1. The summed E-state index contributed by atoms with van der Waals surface area (Å²) in [6.45, 7) is 8.08. The molecule has 16 heavy (non-hydrogen) atoms. The second-order valence-electron chi connectivity index (χ2n) is 5.73. The smallest absolute Gasteiger partial charge is 0.326 e. The molecule has 2 unspecified atom stereocenters. The minimum absolute atomic E-state index is 0.0631. The van der Waals surface area contributed by atoms with Crippen molar-refractivity contribution in [1.82, 2.24) is 4.90 Å². The van der Waals surface area contributed by atoms with E-state index in [2.05, 4.69) is 0 Å². The fraction of sp³-hybridized carbons (Fsp3) is 0.833. The minimum Gasteiger partial charge on any atom is -0.480 e. The third-order valence-electron chi connectivity index (χ3n) is 3.05. The van der Waals surface area contributed by atoms with Gasteiger partial charge in [-0.1, -0.05) is 27.7 Å². The number of carboxylic acids is 1. The molecule has 1 aliphatic heterocycles. The van der Waals surface area contributed by atoms with Gasteiger partial charge in [0, 0.05) is 12.0 Å². The van der Waals surface area contributed by atoms with Crippen LogP contribution in [0.15, 0.2) is 0 Å². The normalized spacial score (nSPS) is 26.6. The molecule has 0 bridgehead atoms. The summed E-state index contributed by atoms with van der Waals surface area (Å²) < 4.78 is 0. The Hall–Kier alpha value is -1.06. The molecular formula is C12H21NO3. The fourth-order valence-electron chi connectivity index (χ4n) is 2.05. The standard InChI is InChI=1S/C12H21NO3/c1-8-5-6-13(9(7-8)10(14)15)11(16)12(2,3)4/h8-9H,5-7H2,1-4H3,(H,14,15). The van der Waals surface area contributed by atoms with Gasteiger partial charge in [-0.15, -0.1) is 0 Å². The molecule has 92 valence electrons. The number of carbonyl (C=O) groups is 2. The topological polar surface area (TPSA) is 57.6 Å². The van der Waals surface area contributed by atoms with E-state index in [1.807, 2.05) is 27.7 Å². The van der Waals surface area contributed by atoms with Crippen molar-refractivity contribution in [2.45, 2.75) is 46.6 Å². The molecule has 0 radical (unpaired) electrons. The van der Waals surface area contributed by atoms with Crippen molar-refractivity contribution >= 4 is 11.9 Å². The number of aliphatic carboxylic acids is 1. The lowest BCUT2D eigenvalue weighted by atomic mass is 9.88. The molecule has 1 heterocycles. The highest BCUT2D eigenvalue weighted by Gasteiger charge is 2.38. The Morgan fingerprint density at radius 2 is 1.88 bits per heavy atom. The predicted octanol–water partition coefficient (Wildman–Crippen LogP) is 1.74. The zero-order valence-corrected chi connectivity index (χ0v) is 10.5. The molecule has 0 aromatic carbocycles. The first kappa shape index (κ1) is 13.0. The van der Waals surface area contributed by atoms with Crippen molar-refractivity contribution in [3.8, 4) is 0 Å². The van der Waals surface area contributed by atoms with Crippen LogP contribution in [-0.4, -0.2) is 34.5 Å². The second-order valence-corrected chi connectivity index (χ2v) is 5.73. The Morgan fingerprint density at radius 1 is 1.31 bits per heavy atom. The van der Waals surface area contributed by atoms with E-state index in [1.54, 1.807) is 0 Å². The van der Waals surface area contributed by atoms with Gasteiger partial charge in [0.1, 0.15) is 6.04 Å². The van der Waals surface area contributed by atoms with Gasteiger partial charge in [-0.05, 0) is 18.8 Å². The van der Waals surface area contributed by atoms with Crippen LogP contribution < -0.4 is 0 Å². The number of rotatable bonds is 1. The molecule has 2 atom stereocenters. The highest BCUT2D eigenvalue weighted by atomic mass is 16.4. The molecule has 1 amide bonds. The lowest BCUT2D eigenvalue weighted by molar-refractivity contribution is -0.156. The SMILES string of the molecule is CC1CCN(C(=O)C(C)(C)C)C(C(=O)O)C1. The van der Waals surface area contributed by atoms with Crippen LogP contribution in [-0.2, 0) is 9.59 Å². The zero-order valence-electron chi connectivity index (χ0n) is 10.5. The van der Waals surface area contributed by atoms with Crippen molar-refractivity contribution in [2.75, 3.05) is 6.54 Å². The summed E-state index contributed by atoms with van der Waals surface area (Å²) in [7, 11) is 0. The van der Waals surface area contributed by atoms with E-state index in [1.165, 1.54) is 4.90 Å². The first-order valence-corrected chi connectivity index (χ1v) is 5.77. The number of amides is 1. The molecule has 4 heteroatoms. The molecule has 1 rings (SSSR count). The van der Waals surface area contributed by atoms with Crippen molar-refractivity contribution in [2.24, 2.45) is 11.3 Å². The molecule has 0 aliphatic carbocycles. The number of likely N-dealkylation sites (tertiary alicyclic amines) is 1. The zero-order chi connectivity index (χ0) is 12.5. The molecule has 1 fully saturated rings. The molecule has 1 aliphatic rings. The number of carboxylic acid groups (broad SMARTS) is 1. The second kappa shape index (κ2) is 4.44. The third-order valence-corrected chi connectivity index (χ3v) is 3.05. The van der Waals surface area contributed by atoms with E-state index in [0.717, 1.165) is 6.42 Å². The fourth-order valence-corrected chi connectivity index (χ4v) is 2.05. The van der Waals surface area contributed by atoms with Crippen LogP contribution in [0.4, 0.5) is 0 Å². The first-order chi connectivity index (χ1) is 7.23. The van der Waals surface area contributed by atoms with Crippen molar-refractivity contribution in [3.05, 3.63) is 0 Å². The minimum atomic E-state index is -0.885. The molecule has 4 nitrogen and oxygen atoms in total. The highest BCUT2D eigenvalue weighted by molar-refractivity contribution is 5.87. The summed E-state index contributed by atoms with van der Waals surface area (Å²) >= 11 is 0. The summed E-state index contributed by atoms with van der Waals surface area (Å²) in [4.78, 5) is 24.8. The quantitative estimate of drug-likeness (QED) is 0.742. The van der Waals surface area contributed by atoms with Gasteiger partial charge in [0.2, 0.25) is 5.91 Å². The van der Waals surface area contributed by atoms with Crippen LogP contribution >= 0.6 is 0 Å². The van der Waals surface area contributed by atoms with E-state index in [-0.39, 0.29) is 5.91 Å². The molecule has 0 spiro atoms. The molecular weight excluding hydrogens is 206 g/mol. The summed E-state index contributed by atoms with van der Waals surface area (Å²) in [5.74, 6) is -0.568. The van der Waals surface area contributed by atoms with Gasteiger partial charge in [-0.2, -0.15) is 0 Å². The molecule has 0 aromatic rings. The van der Waals surface area contributed by atoms with Gasteiger partial charge >= 0.3 is 5.97 Å². The number of nitrogens with zero attached hydrogens (tertiary/aromatic N) is 1. The largest absolute Gasteiger partial charge is 0.480 e. The first-order valence-electron chi connectivity index (χ1n) is 5.77. The van der Waals surface area contributed by atoms with E-state index >= 15 is 0 Å². The molecule has 1 N–H and O–H groups in total. The van der Waals surface area contributed by atoms with E-state index in [0.29, 0.717) is 18.9 Å². The Bertz CT molecular complexity index is 293. The van der Waals surface area contributed by atoms with Gasteiger partial charge in [0.05, 0.1) is 0 Å². The average molecular weight is 227 g/mol. The van der Waals surface area contributed by atoms with Crippen LogP contribution in [0.3, 0.4) is 0 Å². The van der Waals surface area contributed by atoms with Crippen LogP contribution in [0, 0.1) is 11.3 Å². The molecule has 0 saturated carbocycles. The van der Waals surface area contributed by atoms with Gasteiger partial charge in [-0.3, -0.25) is 4.79 Å². The van der Waals surface area contributed by atoms with E-state index < -0.39 is 17.4 Å². The van der Waals surface area contributed by atoms with Gasteiger partial charge in [0.25, 0.3) is 0 Å².